The average molecular weight is 291 g/mol. The molecule has 1 atom stereocenters. The molecule has 0 saturated carbocycles. The van der Waals surface area contributed by atoms with Gasteiger partial charge in [-0.05, 0) is 25.6 Å². The normalized spacial score (nSPS) is 13.2. The SMILES string of the molecule is CNS(=O)(=O)c1ccc(C)cc1[C@H](O)c1ccccc1. The van der Waals surface area contributed by atoms with Gasteiger partial charge in [-0.25, -0.2) is 13.1 Å². The number of nitrogens with one attached hydrogen (secondary N) is 1. The highest BCUT2D eigenvalue weighted by molar-refractivity contribution is 7.89. The third-order valence-electron chi connectivity index (χ3n) is 3.13. The van der Waals surface area contributed by atoms with Crippen LogP contribution in [0.1, 0.15) is 22.8 Å². The Labute approximate surface area is 119 Å². The molecule has 0 aliphatic carbocycles. The Morgan fingerprint density at radius 3 is 2.35 bits per heavy atom. The maximum absolute atomic E-state index is 12.0. The monoisotopic (exact) mass is 291 g/mol. The summed E-state index contributed by atoms with van der Waals surface area (Å²) in [5, 5.41) is 10.5. The second-order valence-electron chi connectivity index (χ2n) is 4.56. The summed E-state index contributed by atoms with van der Waals surface area (Å²) in [5.41, 5.74) is 1.93. The zero-order chi connectivity index (χ0) is 14.8. The Hall–Kier alpha value is -1.69. The van der Waals surface area contributed by atoms with Crippen LogP contribution < -0.4 is 4.72 Å². The molecule has 0 radical (unpaired) electrons. The van der Waals surface area contributed by atoms with Crippen LogP contribution in [-0.4, -0.2) is 20.6 Å². The van der Waals surface area contributed by atoms with Crippen molar-refractivity contribution in [2.45, 2.75) is 17.9 Å². The van der Waals surface area contributed by atoms with Crippen LogP contribution in [0.25, 0.3) is 0 Å². The standard InChI is InChI=1S/C15H17NO3S/c1-11-8-9-14(20(18,19)16-2)13(10-11)15(17)12-6-4-3-5-7-12/h3-10,15-17H,1-2H3/t15-/m1/s1. The fourth-order valence-electron chi connectivity index (χ4n) is 2.05. The van der Waals surface area contributed by atoms with Crippen molar-refractivity contribution in [1.29, 1.82) is 0 Å². The van der Waals surface area contributed by atoms with E-state index in [0.29, 0.717) is 11.1 Å². The Bertz CT molecular complexity index is 696. The molecule has 4 nitrogen and oxygen atoms in total. The van der Waals surface area contributed by atoms with Gasteiger partial charge in [0, 0.05) is 5.56 Å². The molecular weight excluding hydrogens is 274 g/mol. The number of hydrogen-bond donors (Lipinski definition) is 2. The van der Waals surface area contributed by atoms with Crippen LogP contribution in [-0.2, 0) is 10.0 Å². The smallest absolute Gasteiger partial charge is 0.240 e. The number of benzene rings is 2. The molecule has 2 rings (SSSR count). The van der Waals surface area contributed by atoms with Gasteiger partial charge in [0.05, 0.1) is 4.90 Å². The summed E-state index contributed by atoms with van der Waals surface area (Å²) in [6.07, 6.45) is -0.978. The fourth-order valence-corrected chi connectivity index (χ4v) is 3.00. The first-order valence-corrected chi connectivity index (χ1v) is 7.71. The molecule has 0 aliphatic heterocycles. The van der Waals surface area contributed by atoms with E-state index in [4.69, 9.17) is 0 Å². The lowest BCUT2D eigenvalue weighted by Gasteiger charge is -2.16. The summed E-state index contributed by atoms with van der Waals surface area (Å²) in [6, 6.07) is 13.9. The molecule has 20 heavy (non-hydrogen) atoms. The van der Waals surface area contributed by atoms with Gasteiger partial charge in [0.15, 0.2) is 0 Å². The van der Waals surface area contributed by atoms with Gasteiger partial charge < -0.3 is 5.11 Å². The quantitative estimate of drug-likeness (QED) is 0.905. The van der Waals surface area contributed by atoms with E-state index >= 15 is 0 Å². The van der Waals surface area contributed by atoms with E-state index in [9.17, 15) is 13.5 Å². The second-order valence-corrected chi connectivity index (χ2v) is 6.42. The van der Waals surface area contributed by atoms with Crippen LogP contribution in [0.5, 0.6) is 0 Å². The minimum atomic E-state index is -3.61. The number of hydrogen-bond acceptors (Lipinski definition) is 3. The highest BCUT2D eigenvalue weighted by atomic mass is 32.2. The van der Waals surface area contributed by atoms with Crippen LogP contribution in [0.4, 0.5) is 0 Å². The Morgan fingerprint density at radius 1 is 1.10 bits per heavy atom. The zero-order valence-corrected chi connectivity index (χ0v) is 12.2. The summed E-state index contributed by atoms with van der Waals surface area (Å²) in [7, 11) is -2.25. The van der Waals surface area contributed by atoms with Gasteiger partial charge in [-0.2, -0.15) is 0 Å². The highest BCUT2D eigenvalue weighted by Crippen LogP contribution is 2.28. The van der Waals surface area contributed by atoms with E-state index in [1.165, 1.54) is 13.1 Å². The lowest BCUT2D eigenvalue weighted by atomic mass is 10.00. The van der Waals surface area contributed by atoms with E-state index in [0.717, 1.165) is 5.56 Å². The largest absolute Gasteiger partial charge is 0.384 e. The van der Waals surface area contributed by atoms with Gasteiger partial charge in [0.1, 0.15) is 6.10 Å². The van der Waals surface area contributed by atoms with Crippen molar-refractivity contribution in [2.24, 2.45) is 0 Å². The van der Waals surface area contributed by atoms with Crippen molar-refractivity contribution in [2.75, 3.05) is 7.05 Å². The average Bonchev–Trinajstić information content (AvgIpc) is 2.47. The number of aliphatic hydroxyl groups is 1. The van der Waals surface area contributed by atoms with E-state index in [1.807, 2.05) is 13.0 Å². The fraction of sp³-hybridized carbons (Fsp3) is 0.200. The topological polar surface area (TPSA) is 66.4 Å². The number of aryl methyl sites for hydroxylation is 1. The molecule has 0 spiro atoms. The van der Waals surface area contributed by atoms with Gasteiger partial charge in [0.25, 0.3) is 0 Å². The van der Waals surface area contributed by atoms with Gasteiger partial charge in [-0.3, -0.25) is 0 Å². The van der Waals surface area contributed by atoms with E-state index in [2.05, 4.69) is 4.72 Å². The second kappa shape index (κ2) is 5.75. The molecule has 2 aromatic rings. The first-order chi connectivity index (χ1) is 9.45. The molecule has 0 saturated heterocycles. The van der Waals surface area contributed by atoms with Crippen LogP contribution in [0.2, 0.25) is 0 Å². The van der Waals surface area contributed by atoms with Crippen molar-refractivity contribution < 1.29 is 13.5 Å². The zero-order valence-electron chi connectivity index (χ0n) is 11.4. The number of rotatable bonds is 4. The molecule has 106 valence electrons. The minimum Gasteiger partial charge on any atom is -0.384 e. The highest BCUT2D eigenvalue weighted by Gasteiger charge is 2.22. The van der Waals surface area contributed by atoms with Gasteiger partial charge in [-0.15, -0.1) is 0 Å². The van der Waals surface area contributed by atoms with Crippen molar-refractivity contribution in [3.63, 3.8) is 0 Å². The predicted octanol–water partition coefficient (Wildman–Crippen LogP) is 1.98. The number of sulfonamides is 1. The van der Waals surface area contributed by atoms with Crippen molar-refractivity contribution in [1.82, 2.24) is 4.72 Å². The molecule has 5 heteroatoms. The molecule has 0 fully saturated rings. The summed E-state index contributed by atoms with van der Waals surface area (Å²) >= 11 is 0. The van der Waals surface area contributed by atoms with E-state index in [1.54, 1.807) is 36.4 Å². The minimum absolute atomic E-state index is 0.0990. The number of aliphatic hydroxyl groups excluding tert-OH is 1. The molecule has 0 aliphatic rings. The summed E-state index contributed by atoms with van der Waals surface area (Å²) in [6.45, 7) is 1.86. The predicted molar refractivity (Wildman–Crippen MR) is 77.9 cm³/mol. The Morgan fingerprint density at radius 2 is 1.75 bits per heavy atom. The molecule has 0 aromatic heterocycles. The first-order valence-electron chi connectivity index (χ1n) is 6.23. The maximum atomic E-state index is 12.0. The van der Waals surface area contributed by atoms with Crippen molar-refractivity contribution in [3.05, 3.63) is 65.2 Å². The van der Waals surface area contributed by atoms with Gasteiger partial charge >= 0.3 is 0 Å². The van der Waals surface area contributed by atoms with Gasteiger partial charge in [0.2, 0.25) is 10.0 Å². The van der Waals surface area contributed by atoms with Crippen LogP contribution in [0.15, 0.2) is 53.4 Å². The van der Waals surface area contributed by atoms with Crippen molar-refractivity contribution in [3.8, 4) is 0 Å². The summed E-state index contributed by atoms with van der Waals surface area (Å²) in [4.78, 5) is 0.0990. The molecule has 2 aromatic carbocycles. The van der Waals surface area contributed by atoms with E-state index in [-0.39, 0.29) is 4.90 Å². The Balaban J connectivity index is 2.59. The van der Waals surface area contributed by atoms with Gasteiger partial charge in [-0.1, -0.05) is 48.0 Å². The third-order valence-corrected chi connectivity index (χ3v) is 4.62. The maximum Gasteiger partial charge on any atom is 0.240 e. The molecular formula is C15H17NO3S. The van der Waals surface area contributed by atoms with Crippen molar-refractivity contribution >= 4 is 10.0 Å². The molecule has 0 heterocycles. The van der Waals surface area contributed by atoms with Crippen LogP contribution in [0.3, 0.4) is 0 Å². The Kier molecular flexibility index (Phi) is 4.23. The third kappa shape index (κ3) is 2.90. The summed E-state index contributed by atoms with van der Waals surface area (Å²) in [5.74, 6) is 0. The van der Waals surface area contributed by atoms with Crippen LogP contribution >= 0.6 is 0 Å². The lowest BCUT2D eigenvalue weighted by Crippen LogP contribution is -2.21. The molecule has 0 unspecified atom stereocenters. The molecule has 2 N–H and O–H groups in total. The molecule has 0 bridgehead atoms. The first kappa shape index (κ1) is 14.7. The summed E-state index contributed by atoms with van der Waals surface area (Å²) < 4.78 is 26.4. The van der Waals surface area contributed by atoms with Crippen LogP contribution in [0, 0.1) is 6.92 Å². The lowest BCUT2D eigenvalue weighted by molar-refractivity contribution is 0.217. The molecule has 0 amide bonds. The van der Waals surface area contributed by atoms with E-state index < -0.39 is 16.1 Å².